The number of hydrogen-bond donors (Lipinski definition) is 1. The highest BCUT2D eigenvalue weighted by molar-refractivity contribution is 7.99. The predicted molar refractivity (Wildman–Crippen MR) is 131 cm³/mol. The molecular weight excluding hydrogens is 451 g/mol. The third-order valence-electron chi connectivity index (χ3n) is 4.58. The Bertz CT molecular complexity index is 882. The molecule has 0 heterocycles. The van der Waals surface area contributed by atoms with Crippen molar-refractivity contribution in [3.8, 4) is 0 Å². The maximum absolute atomic E-state index is 13.1. The second-order valence-corrected chi connectivity index (χ2v) is 10.4. The van der Waals surface area contributed by atoms with Crippen molar-refractivity contribution in [2.24, 2.45) is 0 Å². The molecule has 4 nitrogen and oxygen atoms in total. The minimum absolute atomic E-state index is 0.0619. The van der Waals surface area contributed by atoms with E-state index in [0.29, 0.717) is 29.4 Å². The first kappa shape index (κ1) is 25.6. The standard InChI is InChI=1S/C24H30Cl2N2O2S/c1-17(23(30)27-24(2,3)4)28(16-18-8-5-6-9-21(18)26)22(29)10-7-15-31-20-13-11-19(25)12-14-20/h5-6,8-9,11-14,17H,7,10,15-16H2,1-4H3,(H,27,30)/t17-/m0/s1. The van der Waals surface area contributed by atoms with Crippen LogP contribution >= 0.6 is 35.0 Å². The van der Waals surface area contributed by atoms with Crippen LogP contribution in [-0.4, -0.2) is 34.0 Å². The lowest BCUT2D eigenvalue weighted by atomic mass is 10.1. The number of thioether (sulfide) groups is 1. The lowest BCUT2D eigenvalue weighted by molar-refractivity contribution is -0.141. The lowest BCUT2D eigenvalue weighted by Gasteiger charge is -2.31. The molecule has 0 aliphatic carbocycles. The van der Waals surface area contributed by atoms with Crippen LogP contribution < -0.4 is 5.32 Å². The molecule has 168 valence electrons. The number of hydrogen-bond acceptors (Lipinski definition) is 3. The van der Waals surface area contributed by atoms with Gasteiger partial charge < -0.3 is 10.2 Å². The number of halogens is 2. The molecule has 7 heteroatoms. The summed E-state index contributed by atoms with van der Waals surface area (Å²) < 4.78 is 0. The number of carbonyl (C=O) groups is 2. The number of amides is 2. The van der Waals surface area contributed by atoms with E-state index in [1.54, 1.807) is 29.7 Å². The molecular formula is C24H30Cl2N2O2S. The molecule has 2 rings (SSSR count). The summed E-state index contributed by atoms with van der Waals surface area (Å²) in [6.45, 7) is 7.82. The Morgan fingerprint density at radius 3 is 2.32 bits per heavy atom. The van der Waals surface area contributed by atoms with Gasteiger partial charge in [-0.2, -0.15) is 0 Å². The van der Waals surface area contributed by atoms with Crippen LogP contribution in [-0.2, 0) is 16.1 Å². The SMILES string of the molecule is C[C@@H](C(=O)NC(C)(C)C)N(Cc1ccccc1Cl)C(=O)CCCSc1ccc(Cl)cc1. The molecule has 2 aromatic rings. The van der Waals surface area contributed by atoms with Gasteiger partial charge in [0.1, 0.15) is 6.04 Å². The van der Waals surface area contributed by atoms with Crippen molar-refractivity contribution in [2.75, 3.05) is 5.75 Å². The van der Waals surface area contributed by atoms with Crippen LogP contribution in [0.3, 0.4) is 0 Å². The first-order valence-electron chi connectivity index (χ1n) is 10.3. The normalized spacial score (nSPS) is 12.3. The molecule has 2 aromatic carbocycles. The number of benzene rings is 2. The first-order chi connectivity index (χ1) is 14.6. The Morgan fingerprint density at radius 2 is 1.71 bits per heavy atom. The number of carbonyl (C=O) groups excluding carboxylic acids is 2. The Balaban J connectivity index is 2.03. The van der Waals surface area contributed by atoms with Crippen LogP contribution in [0.15, 0.2) is 53.4 Å². The predicted octanol–water partition coefficient (Wildman–Crippen LogP) is 6.20. The monoisotopic (exact) mass is 480 g/mol. The van der Waals surface area contributed by atoms with Crippen molar-refractivity contribution < 1.29 is 9.59 Å². The summed E-state index contributed by atoms with van der Waals surface area (Å²) in [7, 11) is 0. The molecule has 31 heavy (non-hydrogen) atoms. The fourth-order valence-electron chi connectivity index (χ4n) is 2.95. The summed E-state index contributed by atoms with van der Waals surface area (Å²) in [5, 5.41) is 4.26. The Kier molecular flexibility index (Phi) is 9.73. The zero-order chi connectivity index (χ0) is 23.0. The van der Waals surface area contributed by atoms with E-state index in [0.717, 1.165) is 16.2 Å². The van der Waals surface area contributed by atoms with Crippen molar-refractivity contribution in [1.82, 2.24) is 10.2 Å². The Hall–Kier alpha value is -1.69. The highest BCUT2D eigenvalue weighted by Crippen LogP contribution is 2.23. The van der Waals surface area contributed by atoms with E-state index in [1.807, 2.05) is 63.2 Å². The second kappa shape index (κ2) is 11.8. The van der Waals surface area contributed by atoms with E-state index in [9.17, 15) is 9.59 Å². The van der Waals surface area contributed by atoms with Gasteiger partial charge in [-0.25, -0.2) is 0 Å². The largest absolute Gasteiger partial charge is 0.350 e. The van der Waals surface area contributed by atoms with Gasteiger partial charge in [0, 0.05) is 33.4 Å². The van der Waals surface area contributed by atoms with E-state index in [-0.39, 0.29) is 17.4 Å². The van der Waals surface area contributed by atoms with E-state index in [4.69, 9.17) is 23.2 Å². The van der Waals surface area contributed by atoms with Crippen LogP contribution in [0, 0.1) is 0 Å². The minimum atomic E-state index is -0.605. The molecule has 0 spiro atoms. The summed E-state index contributed by atoms with van der Waals surface area (Å²) in [5.41, 5.74) is 0.447. The number of rotatable bonds is 9. The molecule has 0 saturated carbocycles. The Morgan fingerprint density at radius 1 is 1.06 bits per heavy atom. The summed E-state index contributed by atoms with van der Waals surface area (Å²) in [6.07, 6.45) is 1.07. The fourth-order valence-corrected chi connectivity index (χ4v) is 4.13. The molecule has 0 aromatic heterocycles. The smallest absolute Gasteiger partial charge is 0.242 e. The summed E-state index contributed by atoms with van der Waals surface area (Å²) >= 11 is 13.9. The molecule has 1 atom stereocenters. The van der Waals surface area contributed by atoms with Gasteiger partial charge in [0.2, 0.25) is 11.8 Å². The number of nitrogens with zero attached hydrogens (tertiary/aromatic N) is 1. The molecule has 0 aliphatic heterocycles. The Labute approximate surface area is 199 Å². The zero-order valence-electron chi connectivity index (χ0n) is 18.5. The highest BCUT2D eigenvalue weighted by atomic mass is 35.5. The van der Waals surface area contributed by atoms with Crippen LogP contribution in [0.4, 0.5) is 0 Å². The van der Waals surface area contributed by atoms with Crippen LogP contribution in [0.25, 0.3) is 0 Å². The average molecular weight is 481 g/mol. The van der Waals surface area contributed by atoms with Gasteiger partial charge in [0.25, 0.3) is 0 Å². The summed E-state index contributed by atoms with van der Waals surface area (Å²) in [6, 6.07) is 14.5. The van der Waals surface area contributed by atoms with Crippen molar-refractivity contribution in [2.45, 2.75) is 63.6 Å². The van der Waals surface area contributed by atoms with Crippen LogP contribution in [0.5, 0.6) is 0 Å². The molecule has 0 bridgehead atoms. The topological polar surface area (TPSA) is 49.4 Å². The number of nitrogens with one attached hydrogen (secondary N) is 1. The molecule has 1 N–H and O–H groups in total. The average Bonchev–Trinajstić information content (AvgIpc) is 2.70. The third-order valence-corrected chi connectivity index (χ3v) is 6.30. The zero-order valence-corrected chi connectivity index (χ0v) is 20.8. The van der Waals surface area contributed by atoms with E-state index in [1.165, 1.54) is 0 Å². The summed E-state index contributed by atoms with van der Waals surface area (Å²) in [4.78, 5) is 28.6. The van der Waals surface area contributed by atoms with Crippen molar-refractivity contribution >= 4 is 46.8 Å². The maximum atomic E-state index is 13.1. The third kappa shape index (κ3) is 8.76. The van der Waals surface area contributed by atoms with Crippen LogP contribution in [0.1, 0.15) is 46.1 Å². The van der Waals surface area contributed by atoms with Gasteiger partial charge >= 0.3 is 0 Å². The van der Waals surface area contributed by atoms with Gasteiger partial charge in [-0.15, -0.1) is 11.8 Å². The van der Waals surface area contributed by atoms with E-state index >= 15 is 0 Å². The molecule has 0 radical (unpaired) electrons. The second-order valence-electron chi connectivity index (χ2n) is 8.43. The molecule has 0 aliphatic rings. The molecule has 0 unspecified atom stereocenters. The lowest BCUT2D eigenvalue weighted by Crippen LogP contribution is -2.52. The van der Waals surface area contributed by atoms with E-state index in [2.05, 4.69) is 5.32 Å². The van der Waals surface area contributed by atoms with Gasteiger partial charge in [-0.3, -0.25) is 9.59 Å². The van der Waals surface area contributed by atoms with Gasteiger partial charge in [-0.05, 0) is 75.8 Å². The molecule has 0 saturated heterocycles. The maximum Gasteiger partial charge on any atom is 0.242 e. The van der Waals surface area contributed by atoms with Gasteiger partial charge in [0.05, 0.1) is 0 Å². The quantitative estimate of drug-likeness (QED) is 0.343. The van der Waals surface area contributed by atoms with Gasteiger partial charge in [0.15, 0.2) is 0 Å². The fraction of sp³-hybridized carbons (Fsp3) is 0.417. The van der Waals surface area contributed by atoms with Crippen molar-refractivity contribution in [3.63, 3.8) is 0 Å². The van der Waals surface area contributed by atoms with Crippen molar-refractivity contribution in [1.29, 1.82) is 0 Å². The van der Waals surface area contributed by atoms with Crippen molar-refractivity contribution in [3.05, 3.63) is 64.1 Å². The van der Waals surface area contributed by atoms with Gasteiger partial charge in [-0.1, -0.05) is 41.4 Å². The van der Waals surface area contributed by atoms with E-state index < -0.39 is 6.04 Å². The highest BCUT2D eigenvalue weighted by Gasteiger charge is 2.28. The van der Waals surface area contributed by atoms with Crippen LogP contribution in [0.2, 0.25) is 10.0 Å². The summed E-state index contributed by atoms with van der Waals surface area (Å²) in [5.74, 6) is 0.562. The molecule has 2 amide bonds. The molecule has 0 fully saturated rings. The minimum Gasteiger partial charge on any atom is -0.350 e. The first-order valence-corrected chi connectivity index (χ1v) is 12.0.